The second kappa shape index (κ2) is 7.19. The van der Waals surface area contributed by atoms with Crippen LogP contribution in [0.1, 0.15) is 12.6 Å². The third kappa shape index (κ3) is 4.16. The van der Waals surface area contributed by atoms with Crippen molar-refractivity contribution in [3.05, 3.63) is 23.9 Å². The van der Waals surface area contributed by atoms with Gasteiger partial charge in [-0.05, 0) is 18.7 Å². The number of hydrogen-bond acceptors (Lipinski definition) is 4. The summed E-state index contributed by atoms with van der Waals surface area (Å²) in [7, 11) is 3.74. The van der Waals surface area contributed by atoms with Gasteiger partial charge in [-0.3, -0.25) is 0 Å². The van der Waals surface area contributed by atoms with Crippen molar-refractivity contribution in [3.63, 3.8) is 0 Å². The van der Waals surface area contributed by atoms with Crippen LogP contribution in [-0.4, -0.2) is 38.8 Å². The fourth-order valence-electron chi connectivity index (χ4n) is 1.37. The Kier molecular flexibility index (Phi) is 5.82. The molecule has 0 aliphatic heterocycles. The van der Waals surface area contributed by atoms with E-state index in [9.17, 15) is 0 Å². The maximum atomic E-state index is 5.05. The van der Waals surface area contributed by atoms with Crippen molar-refractivity contribution < 1.29 is 4.74 Å². The van der Waals surface area contributed by atoms with Crippen LogP contribution in [-0.2, 0) is 11.3 Å². The molecule has 1 heterocycles. The third-order valence-corrected chi connectivity index (χ3v) is 2.37. The van der Waals surface area contributed by atoms with E-state index in [-0.39, 0.29) is 0 Å². The molecule has 90 valence electrons. The zero-order valence-corrected chi connectivity index (χ0v) is 10.4. The average Bonchev–Trinajstić information content (AvgIpc) is 2.33. The van der Waals surface area contributed by atoms with Crippen LogP contribution >= 0.6 is 0 Å². The van der Waals surface area contributed by atoms with E-state index < -0.39 is 0 Å². The minimum absolute atomic E-state index is 0.718. The van der Waals surface area contributed by atoms with Gasteiger partial charge in [0.05, 0.1) is 12.3 Å². The SMILES string of the molecule is CCNCc1cccc(N(C)CCOC)n1. The first-order valence-corrected chi connectivity index (χ1v) is 5.64. The van der Waals surface area contributed by atoms with E-state index in [4.69, 9.17) is 4.74 Å². The Balaban J connectivity index is 2.58. The van der Waals surface area contributed by atoms with Crippen molar-refractivity contribution in [3.8, 4) is 0 Å². The first-order chi connectivity index (χ1) is 7.77. The Morgan fingerprint density at radius 3 is 2.94 bits per heavy atom. The fraction of sp³-hybridized carbons (Fsp3) is 0.583. The molecule has 0 saturated heterocycles. The summed E-state index contributed by atoms with van der Waals surface area (Å²) in [6.07, 6.45) is 0. The largest absolute Gasteiger partial charge is 0.383 e. The summed E-state index contributed by atoms with van der Waals surface area (Å²) in [4.78, 5) is 6.67. The molecule has 1 aromatic heterocycles. The second-order valence-corrected chi connectivity index (χ2v) is 3.68. The highest BCUT2D eigenvalue weighted by Crippen LogP contribution is 2.09. The van der Waals surface area contributed by atoms with Crippen LogP contribution in [0, 0.1) is 0 Å². The van der Waals surface area contributed by atoms with Gasteiger partial charge < -0.3 is 15.0 Å². The number of pyridine rings is 1. The second-order valence-electron chi connectivity index (χ2n) is 3.68. The minimum Gasteiger partial charge on any atom is -0.383 e. The zero-order valence-electron chi connectivity index (χ0n) is 10.4. The quantitative estimate of drug-likeness (QED) is 0.755. The lowest BCUT2D eigenvalue weighted by Crippen LogP contribution is -2.23. The number of nitrogens with zero attached hydrogens (tertiary/aromatic N) is 2. The minimum atomic E-state index is 0.718. The van der Waals surface area contributed by atoms with Crippen LogP contribution in [0.15, 0.2) is 18.2 Å². The highest BCUT2D eigenvalue weighted by Gasteiger charge is 2.02. The predicted octanol–water partition coefficient (Wildman–Crippen LogP) is 1.27. The van der Waals surface area contributed by atoms with Crippen LogP contribution in [0.25, 0.3) is 0 Å². The lowest BCUT2D eigenvalue weighted by Gasteiger charge is -2.18. The predicted molar refractivity (Wildman–Crippen MR) is 66.8 cm³/mol. The summed E-state index contributed by atoms with van der Waals surface area (Å²) in [5, 5.41) is 3.27. The molecule has 0 fully saturated rings. The monoisotopic (exact) mass is 223 g/mol. The first kappa shape index (κ1) is 12.9. The van der Waals surface area contributed by atoms with Gasteiger partial charge >= 0.3 is 0 Å². The molecular formula is C12H21N3O. The van der Waals surface area contributed by atoms with Crippen LogP contribution in [0.2, 0.25) is 0 Å². The number of nitrogens with one attached hydrogen (secondary N) is 1. The van der Waals surface area contributed by atoms with Crippen LogP contribution in [0.4, 0.5) is 5.82 Å². The maximum Gasteiger partial charge on any atom is 0.128 e. The maximum absolute atomic E-state index is 5.05. The van der Waals surface area contributed by atoms with Gasteiger partial charge in [-0.15, -0.1) is 0 Å². The standard InChI is InChI=1S/C12H21N3O/c1-4-13-10-11-6-5-7-12(14-11)15(2)8-9-16-3/h5-7,13H,4,8-10H2,1-3H3. The normalized spacial score (nSPS) is 10.4. The van der Waals surface area contributed by atoms with E-state index in [1.807, 2.05) is 25.2 Å². The van der Waals surface area contributed by atoms with Crippen molar-refractivity contribution >= 4 is 5.82 Å². The first-order valence-electron chi connectivity index (χ1n) is 5.64. The van der Waals surface area contributed by atoms with Crippen molar-refractivity contribution in [2.24, 2.45) is 0 Å². The summed E-state index contributed by atoms with van der Waals surface area (Å²) < 4.78 is 5.05. The highest BCUT2D eigenvalue weighted by molar-refractivity contribution is 5.38. The molecule has 0 aliphatic carbocycles. The topological polar surface area (TPSA) is 37.4 Å². The van der Waals surface area contributed by atoms with Gasteiger partial charge in [0.15, 0.2) is 0 Å². The van der Waals surface area contributed by atoms with Gasteiger partial charge in [-0.25, -0.2) is 4.98 Å². The molecule has 0 amide bonds. The Hall–Kier alpha value is -1.13. The van der Waals surface area contributed by atoms with Crippen molar-refractivity contribution in [2.75, 3.05) is 38.8 Å². The Bertz CT molecular complexity index is 304. The summed E-state index contributed by atoms with van der Waals surface area (Å²) in [5.74, 6) is 0.993. The molecule has 0 atom stereocenters. The van der Waals surface area contributed by atoms with Gasteiger partial charge in [0, 0.05) is 27.2 Å². The Morgan fingerprint density at radius 1 is 1.44 bits per heavy atom. The van der Waals surface area contributed by atoms with Gasteiger partial charge in [-0.2, -0.15) is 0 Å². The number of rotatable bonds is 7. The molecule has 0 radical (unpaired) electrons. The van der Waals surface area contributed by atoms with Gasteiger partial charge in [0.2, 0.25) is 0 Å². The molecule has 0 aromatic carbocycles. The molecule has 1 N–H and O–H groups in total. The summed E-state index contributed by atoms with van der Waals surface area (Å²) in [5.41, 5.74) is 1.07. The lowest BCUT2D eigenvalue weighted by molar-refractivity contribution is 0.206. The fourth-order valence-corrected chi connectivity index (χ4v) is 1.37. The number of ether oxygens (including phenoxy) is 1. The third-order valence-electron chi connectivity index (χ3n) is 2.37. The Morgan fingerprint density at radius 2 is 2.25 bits per heavy atom. The molecular weight excluding hydrogens is 202 g/mol. The molecule has 16 heavy (non-hydrogen) atoms. The summed E-state index contributed by atoms with van der Waals surface area (Å²) >= 11 is 0. The van der Waals surface area contributed by atoms with E-state index in [0.717, 1.165) is 37.8 Å². The van der Waals surface area contributed by atoms with Gasteiger partial charge in [-0.1, -0.05) is 13.0 Å². The lowest BCUT2D eigenvalue weighted by atomic mass is 10.3. The van der Waals surface area contributed by atoms with E-state index in [0.29, 0.717) is 0 Å². The molecule has 0 bridgehead atoms. The van der Waals surface area contributed by atoms with Crippen molar-refractivity contribution in [1.82, 2.24) is 10.3 Å². The van der Waals surface area contributed by atoms with Crippen molar-refractivity contribution in [1.29, 1.82) is 0 Å². The summed E-state index contributed by atoms with van der Waals surface area (Å²) in [6.45, 7) is 5.45. The molecule has 4 nitrogen and oxygen atoms in total. The van der Waals surface area contributed by atoms with Crippen LogP contribution < -0.4 is 10.2 Å². The van der Waals surface area contributed by atoms with E-state index in [1.165, 1.54) is 0 Å². The van der Waals surface area contributed by atoms with E-state index in [2.05, 4.69) is 22.1 Å². The van der Waals surface area contributed by atoms with E-state index in [1.54, 1.807) is 7.11 Å². The van der Waals surface area contributed by atoms with Gasteiger partial charge in [0.1, 0.15) is 5.82 Å². The molecule has 0 saturated carbocycles. The molecule has 1 rings (SSSR count). The number of aromatic nitrogens is 1. The molecule has 0 aliphatic rings. The molecule has 1 aromatic rings. The van der Waals surface area contributed by atoms with E-state index >= 15 is 0 Å². The smallest absolute Gasteiger partial charge is 0.128 e. The molecule has 4 heteroatoms. The highest BCUT2D eigenvalue weighted by atomic mass is 16.5. The Labute approximate surface area is 97.6 Å². The van der Waals surface area contributed by atoms with Crippen LogP contribution in [0.5, 0.6) is 0 Å². The number of methoxy groups -OCH3 is 1. The van der Waals surface area contributed by atoms with Gasteiger partial charge in [0.25, 0.3) is 0 Å². The number of likely N-dealkylation sites (N-methyl/N-ethyl adjacent to an activating group) is 1. The summed E-state index contributed by atoms with van der Waals surface area (Å²) in [6, 6.07) is 6.10. The van der Waals surface area contributed by atoms with Crippen molar-refractivity contribution in [2.45, 2.75) is 13.5 Å². The molecule has 0 spiro atoms. The molecule has 0 unspecified atom stereocenters. The number of anilines is 1. The average molecular weight is 223 g/mol. The number of hydrogen-bond donors (Lipinski definition) is 1. The van der Waals surface area contributed by atoms with Crippen LogP contribution in [0.3, 0.4) is 0 Å². The zero-order chi connectivity index (χ0) is 11.8.